The molecule has 9 heteroatoms. The predicted molar refractivity (Wildman–Crippen MR) is 71.5 cm³/mol. The normalized spacial score (nSPS) is 32.1. The molecule has 0 unspecified atom stereocenters. The van der Waals surface area contributed by atoms with Crippen LogP contribution in [0, 0.1) is 0 Å². The number of hydrogen-bond acceptors (Lipinski definition) is 8. The van der Waals surface area contributed by atoms with Gasteiger partial charge in [-0.3, -0.25) is 4.57 Å². The Morgan fingerprint density at radius 2 is 2.25 bits per heavy atom. The number of aromatic nitrogens is 4. The molecule has 2 aromatic heterocycles. The van der Waals surface area contributed by atoms with E-state index in [9.17, 15) is 10.2 Å². The lowest BCUT2D eigenvalue weighted by Gasteiger charge is -2.18. The van der Waals surface area contributed by atoms with Gasteiger partial charge in [0.2, 0.25) is 0 Å². The monoisotopic (exact) mass is 295 g/mol. The fourth-order valence-corrected chi connectivity index (χ4v) is 3.71. The SMILES string of the molecule is CNc1ncnc2c1nc1n2[C@@H]2O[C@H](CS1)[C@@H](O)[C@H]2O. The number of fused-ring (bicyclic) bond motifs is 6. The molecular weight excluding hydrogens is 282 g/mol. The molecule has 0 amide bonds. The van der Waals surface area contributed by atoms with E-state index in [0.717, 1.165) is 5.16 Å². The van der Waals surface area contributed by atoms with Crippen LogP contribution in [0.3, 0.4) is 0 Å². The molecule has 2 bridgehead atoms. The highest BCUT2D eigenvalue weighted by Crippen LogP contribution is 2.41. The van der Waals surface area contributed by atoms with Gasteiger partial charge in [0.1, 0.15) is 18.5 Å². The quantitative estimate of drug-likeness (QED) is 0.652. The van der Waals surface area contributed by atoms with Crippen molar-refractivity contribution >= 4 is 28.7 Å². The molecule has 8 nitrogen and oxygen atoms in total. The van der Waals surface area contributed by atoms with Crippen molar-refractivity contribution in [2.45, 2.75) is 29.7 Å². The summed E-state index contributed by atoms with van der Waals surface area (Å²) in [6.45, 7) is 0. The molecule has 0 saturated carbocycles. The first-order chi connectivity index (χ1) is 9.70. The number of aliphatic hydroxyl groups is 2. The molecule has 4 atom stereocenters. The standard InChI is InChI=1S/C11H13N5O3S/c1-12-8-5-9(14-3-13-8)16-10-7(18)6(17)4(19-10)2-20-11(16)15-5/h3-4,6-7,10,17-18H,2H2,1H3,(H,12,13,14)/t4-,6-,7-,10-/m1/s1. The summed E-state index contributed by atoms with van der Waals surface area (Å²) in [7, 11) is 1.76. The van der Waals surface area contributed by atoms with Gasteiger partial charge in [-0.1, -0.05) is 11.8 Å². The molecule has 0 spiro atoms. The van der Waals surface area contributed by atoms with Gasteiger partial charge in [-0.2, -0.15) is 0 Å². The van der Waals surface area contributed by atoms with E-state index < -0.39 is 18.4 Å². The first kappa shape index (κ1) is 12.3. The Labute approximate surface area is 118 Å². The molecule has 2 aliphatic rings. The Morgan fingerprint density at radius 1 is 1.40 bits per heavy atom. The number of hydrogen-bond donors (Lipinski definition) is 3. The molecule has 2 aromatic rings. The van der Waals surface area contributed by atoms with Crippen molar-refractivity contribution < 1.29 is 14.9 Å². The smallest absolute Gasteiger partial charge is 0.172 e. The van der Waals surface area contributed by atoms with E-state index in [-0.39, 0.29) is 6.10 Å². The molecule has 3 N–H and O–H groups in total. The molecular formula is C11H13N5O3S. The average molecular weight is 295 g/mol. The van der Waals surface area contributed by atoms with Crippen molar-refractivity contribution in [3.8, 4) is 0 Å². The Bertz CT molecular complexity index is 677. The van der Waals surface area contributed by atoms with Crippen molar-refractivity contribution in [2.24, 2.45) is 0 Å². The zero-order valence-corrected chi connectivity index (χ0v) is 11.4. The molecule has 1 fully saturated rings. The van der Waals surface area contributed by atoms with Gasteiger partial charge in [0.25, 0.3) is 0 Å². The third-order valence-electron chi connectivity index (χ3n) is 3.65. The van der Waals surface area contributed by atoms with Crippen LogP contribution in [0.2, 0.25) is 0 Å². The molecule has 0 aliphatic carbocycles. The second-order valence-corrected chi connectivity index (χ2v) is 5.75. The minimum atomic E-state index is -0.981. The van der Waals surface area contributed by atoms with Crippen LogP contribution in [0.1, 0.15) is 6.23 Å². The fourth-order valence-electron chi connectivity index (χ4n) is 2.64. The van der Waals surface area contributed by atoms with Gasteiger partial charge < -0.3 is 20.3 Å². The summed E-state index contributed by atoms with van der Waals surface area (Å²) in [6, 6.07) is 0. The number of aliphatic hydroxyl groups excluding tert-OH is 2. The Hall–Kier alpha value is -1.42. The maximum atomic E-state index is 10.2. The minimum absolute atomic E-state index is 0.387. The summed E-state index contributed by atoms with van der Waals surface area (Å²) < 4.78 is 7.47. The van der Waals surface area contributed by atoms with Gasteiger partial charge in [-0.05, 0) is 0 Å². The van der Waals surface area contributed by atoms with E-state index in [2.05, 4.69) is 20.3 Å². The van der Waals surface area contributed by atoms with Gasteiger partial charge >= 0.3 is 0 Å². The molecule has 106 valence electrons. The van der Waals surface area contributed by atoms with Crippen LogP contribution in [0.15, 0.2) is 11.5 Å². The van der Waals surface area contributed by atoms with Crippen LogP contribution in [-0.2, 0) is 4.74 Å². The molecule has 4 rings (SSSR count). The van der Waals surface area contributed by atoms with E-state index in [1.807, 2.05) is 0 Å². The number of thioether (sulfide) groups is 1. The lowest BCUT2D eigenvalue weighted by atomic mass is 10.1. The summed E-state index contributed by atoms with van der Waals surface area (Å²) in [5.74, 6) is 1.17. The molecule has 0 aromatic carbocycles. The maximum Gasteiger partial charge on any atom is 0.172 e. The predicted octanol–water partition coefficient (Wildman–Crippen LogP) is -0.407. The largest absolute Gasteiger partial charge is 0.387 e. The van der Waals surface area contributed by atoms with Crippen LogP contribution in [0.5, 0.6) is 0 Å². The van der Waals surface area contributed by atoms with Gasteiger partial charge in [-0.15, -0.1) is 0 Å². The summed E-state index contributed by atoms with van der Waals surface area (Å²) in [5.41, 5.74) is 1.22. The third-order valence-corrected chi connectivity index (χ3v) is 4.69. The van der Waals surface area contributed by atoms with E-state index in [4.69, 9.17) is 4.74 Å². The fraction of sp³-hybridized carbons (Fsp3) is 0.545. The van der Waals surface area contributed by atoms with Crippen LogP contribution < -0.4 is 5.32 Å². The van der Waals surface area contributed by atoms with E-state index in [1.54, 1.807) is 11.6 Å². The zero-order valence-electron chi connectivity index (χ0n) is 10.6. The topological polar surface area (TPSA) is 105 Å². The summed E-state index contributed by atoms with van der Waals surface area (Å²) in [6.07, 6.45) is -1.48. The first-order valence-corrected chi connectivity index (χ1v) is 7.24. The Kier molecular flexibility index (Phi) is 2.64. The highest BCUT2D eigenvalue weighted by Gasteiger charge is 2.47. The lowest BCUT2D eigenvalue weighted by molar-refractivity contribution is -0.0316. The summed E-state index contributed by atoms with van der Waals surface area (Å²) in [5, 5.41) is 23.8. The first-order valence-electron chi connectivity index (χ1n) is 6.26. The number of rotatable bonds is 1. The maximum absolute atomic E-state index is 10.2. The average Bonchev–Trinajstić information content (AvgIpc) is 2.88. The number of nitrogens with zero attached hydrogens (tertiary/aromatic N) is 4. The van der Waals surface area contributed by atoms with Crippen LogP contribution in [0.4, 0.5) is 5.82 Å². The number of ether oxygens (including phenoxy) is 1. The lowest BCUT2D eigenvalue weighted by Crippen LogP contribution is -2.34. The second-order valence-electron chi connectivity index (χ2n) is 4.77. The molecule has 20 heavy (non-hydrogen) atoms. The highest BCUT2D eigenvalue weighted by atomic mass is 32.2. The van der Waals surface area contributed by atoms with Gasteiger partial charge in [0.05, 0.1) is 6.10 Å². The van der Waals surface area contributed by atoms with E-state index >= 15 is 0 Å². The van der Waals surface area contributed by atoms with Crippen molar-refractivity contribution in [1.29, 1.82) is 0 Å². The molecule has 0 radical (unpaired) electrons. The van der Waals surface area contributed by atoms with Crippen LogP contribution >= 0.6 is 11.8 Å². The van der Waals surface area contributed by atoms with Crippen molar-refractivity contribution in [3.05, 3.63) is 6.33 Å². The molecule has 1 saturated heterocycles. The van der Waals surface area contributed by atoms with E-state index in [1.165, 1.54) is 18.1 Å². The van der Waals surface area contributed by atoms with Crippen molar-refractivity contribution in [2.75, 3.05) is 18.1 Å². The summed E-state index contributed by atoms with van der Waals surface area (Å²) >= 11 is 1.48. The zero-order chi connectivity index (χ0) is 13.9. The van der Waals surface area contributed by atoms with Crippen LogP contribution in [-0.4, -0.2) is 60.8 Å². The highest BCUT2D eigenvalue weighted by molar-refractivity contribution is 7.99. The van der Waals surface area contributed by atoms with E-state index in [0.29, 0.717) is 22.7 Å². The number of anilines is 1. The molecule has 4 heterocycles. The number of nitrogens with one attached hydrogen (secondary N) is 1. The molecule has 2 aliphatic heterocycles. The van der Waals surface area contributed by atoms with Crippen molar-refractivity contribution in [3.63, 3.8) is 0 Å². The van der Waals surface area contributed by atoms with Gasteiger partial charge in [0.15, 0.2) is 28.4 Å². The van der Waals surface area contributed by atoms with Gasteiger partial charge in [0, 0.05) is 12.8 Å². The minimum Gasteiger partial charge on any atom is -0.387 e. The second kappa shape index (κ2) is 4.29. The van der Waals surface area contributed by atoms with Gasteiger partial charge in [-0.25, -0.2) is 15.0 Å². The van der Waals surface area contributed by atoms with Crippen molar-refractivity contribution in [1.82, 2.24) is 19.5 Å². The Morgan fingerprint density at radius 3 is 3.05 bits per heavy atom. The summed E-state index contributed by atoms with van der Waals surface area (Å²) in [4.78, 5) is 12.9. The third kappa shape index (κ3) is 1.51. The van der Waals surface area contributed by atoms with Crippen LogP contribution in [0.25, 0.3) is 11.2 Å². The Balaban J connectivity index is 1.95. The number of imidazole rings is 1.